The average Bonchev–Trinajstić information content (AvgIpc) is 2.92. The number of aryl methyl sites for hydroxylation is 2. The molecule has 2 aromatic heterocycles. The maximum Gasteiger partial charge on any atom is 0.261 e. The van der Waals surface area contributed by atoms with Gasteiger partial charge in [0.2, 0.25) is 0 Å². The Morgan fingerprint density at radius 2 is 1.94 bits per heavy atom. The number of hydrogen-bond donors (Lipinski definition) is 1. The van der Waals surface area contributed by atoms with E-state index in [0.29, 0.717) is 21.9 Å². The number of hydrogen-bond acceptors (Lipinski definition) is 7. The summed E-state index contributed by atoms with van der Waals surface area (Å²) >= 11 is 1.37. The lowest BCUT2D eigenvalue weighted by Crippen LogP contribution is -1.87. The highest BCUT2D eigenvalue weighted by Gasteiger charge is 2.14. The van der Waals surface area contributed by atoms with Gasteiger partial charge in [0, 0.05) is 4.90 Å². The summed E-state index contributed by atoms with van der Waals surface area (Å²) in [6, 6.07) is 3.61. The summed E-state index contributed by atoms with van der Waals surface area (Å²) in [5.74, 6) is 0.808. The lowest BCUT2D eigenvalue weighted by atomic mass is 10.3. The van der Waals surface area contributed by atoms with E-state index in [4.69, 9.17) is 14.8 Å². The zero-order valence-electron chi connectivity index (χ0n) is 9.80. The summed E-state index contributed by atoms with van der Waals surface area (Å²) in [6.45, 7) is 3.78. The van der Waals surface area contributed by atoms with Gasteiger partial charge in [-0.3, -0.25) is 0 Å². The van der Waals surface area contributed by atoms with E-state index in [1.807, 2.05) is 19.9 Å². The van der Waals surface area contributed by atoms with Gasteiger partial charge < -0.3 is 10.2 Å². The molecule has 0 spiro atoms. The third-order valence-corrected chi connectivity index (χ3v) is 3.51. The first-order chi connectivity index (χ1) is 8.65. The summed E-state index contributed by atoms with van der Waals surface area (Å²) < 4.78 is 10.2. The molecule has 2 heterocycles. The van der Waals surface area contributed by atoms with Crippen molar-refractivity contribution in [3.8, 4) is 0 Å². The molecule has 0 radical (unpaired) electrons. The maximum absolute atomic E-state index is 5.78. The van der Waals surface area contributed by atoms with Crippen LogP contribution in [-0.2, 0) is 0 Å². The van der Waals surface area contributed by atoms with Gasteiger partial charge in [0.25, 0.3) is 5.22 Å². The molecule has 6 nitrogen and oxygen atoms in total. The van der Waals surface area contributed by atoms with E-state index >= 15 is 0 Å². The van der Waals surface area contributed by atoms with Crippen molar-refractivity contribution in [2.75, 3.05) is 5.73 Å². The highest BCUT2D eigenvalue weighted by atomic mass is 32.2. The lowest BCUT2D eigenvalue weighted by molar-refractivity contribution is 0.315. The summed E-state index contributed by atoms with van der Waals surface area (Å²) in [6.07, 6.45) is 0. The number of fused-ring (bicyclic) bond motifs is 1. The SMILES string of the molecule is Cc1nc(Sc2ccc(N)c3nonc23)oc1C. The van der Waals surface area contributed by atoms with Gasteiger partial charge >= 0.3 is 0 Å². The number of aromatic nitrogens is 3. The maximum atomic E-state index is 5.78. The van der Waals surface area contributed by atoms with Crippen LogP contribution in [0.4, 0.5) is 5.69 Å². The van der Waals surface area contributed by atoms with Gasteiger partial charge in [-0.2, -0.15) is 0 Å². The molecule has 7 heteroatoms. The van der Waals surface area contributed by atoms with Gasteiger partial charge in [-0.05, 0) is 48.1 Å². The third kappa shape index (κ3) is 1.72. The number of rotatable bonds is 2. The van der Waals surface area contributed by atoms with Crippen LogP contribution in [0.25, 0.3) is 11.0 Å². The highest BCUT2D eigenvalue weighted by molar-refractivity contribution is 7.99. The molecule has 0 saturated carbocycles. The zero-order valence-corrected chi connectivity index (χ0v) is 10.6. The standard InChI is InChI=1S/C11H10N4O2S/c1-5-6(2)16-11(13-5)18-8-4-3-7(12)9-10(8)15-17-14-9/h3-4H,12H2,1-2H3. The van der Waals surface area contributed by atoms with E-state index in [1.54, 1.807) is 6.07 Å². The van der Waals surface area contributed by atoms with Crippen LogP contribution in [-0.4, -0.2) is 15.3 Å². The van der Waals surface area contributed by atoms with Crippen molar-refractivity contribution in [2.24, 2.45) is 0 Å². The van der Waals surface area contributed by atoms with Crippen LogP contribution in [0.5, 0.6) is 0 Å². The molecule has 0 aliphatic heterocycles. The van der Waals surface area contributed by atoms with Crippen LogP contribution in [0.15, 0.2) is 31.3 Å². The molecular weight excluding hydrogens is 252 g/mol. The van der Waals surface area contributed by atoms with E-state index in [2.05, 4.69) is 15.3 Å². The van der Waals surface area contributed by atoms with Gasteiger partial charge in [-0.1, -0.05) is 0 Å². The topological polar surface area (TPSA) is 91.0 Å². The minimum atomic E-state index is 0.537. The molecule has 92 valence electrons. The van der Waals surface area contributed by atoms with Crippen molar-refractivity contribution < 1.29 is 9.05 Å². The third-order valence-electron chi connectivity index (χ3n) is 2.62. The largest absolute Gasteiger partial charge is 0.436 e. The van der Waals surface area contributed by atoms with Crippen LogP contribution in [0.1, 0.15) is 11.5 Å². The number of oxazole rings is 1. The molecule has 0 bridgehead atoms. The molecule has 0 atom stereocenters. The van der Waals surface area contributed by atoms with Crippen molar-refractivity contribution >= 4 is 28.5 Å². The first-order valence-electron chi connectivity index (χ1n) is 5.28. The van der Waals surface area contributed by atoms with Crippen LogP contribution in [0, 0.1) is 13.8 Å². The predicted octanol–water partition coefficient (Wildman–Crippen LogP) is 2.56. The number of nitrogen functional groups attached to an aromatic ring is 1. The van der Waals surface area contributed by atoms with Gasteiger partial charge in [-0.25, -0.2) is 9.61 Å². The Morgan fingerprint density at radius 1 is 1.17 bits per heavy atom. The quantitative estimate of drug-likeness (QED) is 0.709. The van der Waals surface area contributed by atoms with Gasteiger partial charge in [0.15, 0.2) is 11.0 Å². The van der Waals surface area contributed by atoms with E-state index in [-0.39, 0.29) is 0 Å². The van der Waals surface area contributed by atoms with Crippen LogP contribution < -0.4 is 5.73 Å². The van der Waals surface area contributed by atoms with Gasteiger partial charge in [-0.15, -0.1) is 0 Å². The normalized spacial score (nSPS) is 11.2. The summed E-state index contributed by atoms with van der Waals surface area (Å²) in [7, 11) is 0. The minimum Gasteiger partial charge on any atom is -0.436 e. The molecule has 3 aromatic rings. The van der Waals surface area contributed by atoms with Crippen molar-refractivity contribution in [3.63, 3.8) is 0 Å². The molecular formula is C11H10N4O2S. The number of benzene rings is 1. The molecule has 0 fully saturated rings. The van der Waals surface area contributed by atoms with E-state index < -0.39 is 0 Å². The molecule has 0 aliphatic carbocycles. The summed E-state index contributed by atoms with van der Waals surface area (Å²) in [5.41, 5.74) is 8.37. The Kier molecular flexibility index (Phi) is 2.48. The van der Waals surface area contributed by atoms with Crippen molar-refractivity contribution in [3.05, 3.63) is 23.6 Å². The summed E-state index contributed by atoms with van der Waals surface area (Å²) in [5, 5.41) is 8.18. The zero-order chi connectivity index (χ0) is 12.7. The van der Waals surface area contributed by atoms with Crippen molar-refractivity contribution in [1.29, 1.82) is 0 Å². The fraction of sp³-hybridized carbons (Fsp3) is 0.182. The molecule has 1 aromatic carbocycles. The molecule has 0 amide bonds. The van der Waals surface area contributed by atoms with E-state index in [9.17, 15) is 0 Å². The van der Waals surface area contributed by atoms with Crippen molar-refractivity contribution in [2.45, 2.75) is 24.0 Å². The minimum absolute atomic E-state index is 0.537. The lowest BCUT2D eigenvalue weighted by Gasteiger charge is -1.98. The summed E-state index contributed by atoms with van der Waals surface area (Å²) in [4.78, 5) is 5.15. The Labute approximate surface area is 107 Å². The second kappa shape index (κ2) is 4.02. The number of nitrogens with two attached hydrogens (primary N) is 1. The smallest absolute Gasteiger partial charge is 0.261 e. The number of anilines is 1. The monoisotopic (exact) mass is 262 g/mol. The van der Waals surface area contributed by atoms with Gasteiger partial charge in [0.05, 0.1) is 11.4 Å². The fourth-order valence-electron chi connectivity index (χ4n) is 1.53. The molecule has 0 aliphatic rings. The van der Waals surface area contributed by atoms with Crippen LogP contribution in [0.3, 0.4) is 0 Å². The van der Waals surface area contributed by atoms with Crippen LogP contribution >= 0.6 is 11.8 Å². The Morgan fingerprint density at radius 3 is 2.67 bits per heavy atom. The number of nitrogens with zero attached hydrogens (tertiary/aromatic N) is 3. The second-order valence-electron chi connectivity index (χ2n) is 3.84. The van der Waals surface area contributed by atoms with E-state index in [1.165, 1.54) is 11.8 Å². The van der Waals surface area contributed by atoms with E-state index in [0.717, 1.165) is 16.3 Å². The highest BCUT2D eigenvalue weighted by Crippen LogP contribution is 2.34. The Balaban J connectivity index is 2.05. The Hall–Kier alpha value is -2.02. The molecule has 0 unspecified atom stereocenters. The molecule has 3 rings (SSSR count). The first-order valence-corrected chi connectivity index (χ1v) is 6.09. The first kappa shape index (κ1) is 11.1. The molecule has 0 saturated heterocycles. The Bertz CT molecular complexity index is 699. The molecule has 2 N–H and O–H groups in total. The molecule has 18 heavy (non-hydrogen) atoms. The van der Waals surface area contributed by atoms with Crippen molar-refractivity contribution in [1.82, 2.24) is 15.3 Å². The van der Waals surface area contributed by atoms with Crippen LogP contribution in [0.2, 0.25) is 0 Å². The predicted molar refractivity (Wildman–Crippen MR) is 66.3 cm³/mol. The average molecular weight is 262 g/mol. The fourth-order valence-corrected chi connectivity index (χ4v) is 2.43. The van der Waals surface area contributed by atoms with Gasteiger partial charge in [0.1, 0.15) is 5.76 Å². The second-order valence-corrected chi connectivity index (χ2v) is 4.83.